The lowest BCUT2D eigenvalue weighted by Crippen LogP contribution is -2.32. The van der Waals surface area contributed by atoms with E-state index in [0.717, 1.165) is 26.0 Å². The molecule has 0 fully saturated rings. The van der Waals surface area contributed by atoms with Crippen LogP contribution < -0.4 is 10.5 Å². The minimum atomic E-state index is -3.38. The smallest absolute Gasteiger partial charge is 0.211 e. The van der Waals surface area contributed by atoms with Crippen LogP contribution in [0.4, 0.5) is 10.2 Å². The summed E-state index contributed by atoms with van der Waals surface area (Å²) in [4.78, 5) is 13.9. The van der Waals surface area contributed by atoms with Gasteiger partial charge in [-0.3, -0.25) is 0 Å². The first kappa shape index (κ1) is 23.6. The standard InChI is InChI=1S/C20H24FIN6O2S2/c1-11(2)27-32(29,30)7-3-6-28-19-17(18(23)24-10-25-19)26-20(28)31-16-9-13-12(8-15(16)22)4-5-14(13)21/h8-11,14,27H,3-7H2,1-2H3,(H2,23,24,25). The van der Waals surface area contributed by atoms with Gasteiger partial charge >= 0.3 is 0 Å². The number of anilines is 1. The van der Waals surface area contributed by atoms with E-state index in [0.29, 0.717) is 35.7 Å². The quantitative estimate of drug-likeness (QED) is 0.383. The maximum absolute atomic E-state index is 14.3. The summed E-state index contributed by atoms with van der Waals surface area (Å²) in [6.07, 6.45) is 2.07. The molecule has 2 heterocycles. The van der Waals surface area contributed by atoms with Gasteiger partial charge in [0.1, 0.15) is 12.5 Å². The highest BCUT2D eigenvalue weighted by atomic mass is 127. The summed E-state index contributed by atoms with van der Waals surface area (Å²) in [6.45, 7) is 3.96. The van der Waals surface area contributed by atoms with Crippen LogP contribution in [-0.4, -0.2) is 39.7 Å². The lowest BCUT2D eigenvalue weighted by Gasteiger charge is -2.12. The largest absolute Gasteiger partial charge is 0.382 e. The summed E-state index contributed by atoms with van der Waals surface area (Å²) in [5.74, 6) is 0.243. The van der Waals surface area contributed by atoms with Gasteiger partial charge in [-0.1, -0.05) is 11.8 Å². The number of rotatable bonds is 8. The van der Waals surface area contributed by atoms with Crippen molar-refractivity contribution in [2.24, 2.45) is 0 Å². The number of nitrogens with two attached hydrogens (primary N) is 1. The molecule has 4 rings (SSSR count). The van der Waals surface area contributed by atoms with Crippen molar-refractivity contribution >= 4 is 61.4 Å². The summed E-state index contributed by atoms with van der Waals surface area (Å²) in [5, 5.41) is 0.618. The zero-order valence-corrected chi connectivity index (χ0v) is 21.5. The molecule has 0 amide bonds. The molecule has 0 radical (unpaired) electrons. The number of halogens is 2. The summed E-state index contributed by atoms with van der Waals surface area (Å²) in [7, 11) is -3.38. The number of hydrogen-bond donors (Lipinski definition) is 2. The van der Waals surface area contributed by atoms with Gasteiger partial charge in [-0.2, -0.15) is 0 Å². The molecule has 1 unspecified atom stereocenters. The number of hydrogen-bond acceptors (Lipinski definition) is 7. The predicted molar refractivity (Wildman–Crippen MR) is 132 cm³/mol. The van der Waals surface area contributed by atoms with Crippen molar-refractivity contribution in [3.05, 3.63) is 33.2 Å². The van der Waals surface area contributed by atoms with Crippen LogP contribution in [0.3, 0.4) is 0 Å². The highest BCUT2D eigenvalue weighted by Crippen LogP contribution is 2.41. The van der Waals surface area contributed by atoms with Gasteiger partial charge in [-0.25, -0.2) is 32.5 Å². The minimum absolute atomic E-state index is 0.0184. The van der Waals surface area contributed by atoms with E-state index < -0.39 is 16.2 Å². The Hall–Kier alpha value is -1.51. The van der Waals surface area contributed by atoms with Crippen LogP contribution in [0.15, 0.2) is 28.5 Å². The first-order valence-electron chi connectivity index (χ1n) is 10.3. The number of fused-ring (bicyclic) bond motifs is 2. The normalized spacial score (nSPS) is 16.2. The number of sulfonamides is 1. The molecule has 0 saturated heterocycles. The Balaban J connectivity index is 1.65. The summed E-state index contributed by atoms with van der Waals surface area (Å²) in [5.41, 5.74) is 8.82. The van der Waals surface area contributed by atoms with Crippen molar-refractivity contribution in [2.45, 2.75) is 61.9 Å². The van der Waals surface area contributed by atoms with Crippen molar-refractivity contribution in [3.8, 4) is 0 Å². The monoisotopic (exact) mass is 590 g/mol. The Morgan fingerprint density at radius 1 is 1.38 bits per heavy atom. The van der Waals surface area contributed by atoms with E-state index in [-0.39, 0.29) is 17.6 Å². The Morgan fingerprint density at radius 3 is 2.91 bits per heavy atom. The maximum Gasteiger partial charge on any atom is 0.211 e. The number of aromatic nitrogens is 4. The lowest BCUT2D eigenvalue weighted by atomic mass is 10.1. The van der Waals surface area contributed by atoms with E-state index in [1.807, 2.05) is 16.7 Å². The molecule has 2 aromatic heterocycles. The van der Waals surface area contributed by atoms with Crippen LogP contribution >= 0.6 is 34.4 Å². The number of nitrogens with one attached hydrogen (secondary N) is 1. The molecule has 0 aliphatic heterocycles. The second kappa shape index (κ2) is 9.39. The predicted octanol–water partition coefficient (Wildman–Crippen LogP) is 3.84. The van der Waals surface area contributed by atoms with Gasteiger partial charge in [0, 0.05) is 21.1 Å². The molecule has 1 aliphatic carbocycles. The van der Waals surface area contributed by atoms with E-state index >= 15 is 0 Å². The SMILES string of the molecule is CC(C)NS(=O)(=O)CCCn1c(Sc2cc3c(cc2I)CCC3F)nc2c(N)ncnc21. The molecule has 1 aromatic carbocycles. The van der Waals surface area contributed by atoms with Gasteiger partial charge in [0.15, 0.2) is 22.1 Å². The molecular weight excluding hydrogens is 566 g/mol. The molecule has 172 valence electrons. The van der Waals surface area contributed by atoms with Crippen molar-refractivity contribution in [1.29, 1.82) is 0 Å². The molecule has 8 nitrogen and oxygen atoms in total. The highest BCUT2D eigenvalue weighted by Gasteiger charge is 2.25. The average molecular weight is 590 g/mol. The lowest BCUT2D eigenvalue weighted by molar-refractivity contribution is 0.343. The third-order valence-corrected chi connectivity index (χ3v) is 9.10. The molecule has 1 aliphatic rings. The van der Waals surface area contributed by atoms with E-state index in [1.165, 1.54) is 18.1 Å². The fraction of sp³-hybridized carbons (Fsp3) is 0.450. The second-order valence-corrected chi connectivity index (χ2v) is 12.1. The zero-order chi connectivity index (χ0) is 23.0. The Morgan fingerprint density at radius 2 is 2.16 bits per heavy atom. The number of aryl methyl sites for hydroxylation is 2. The molecule has 1 atom stereocenters. The number of imidazole rings is 1. The summed E-state index contributed by atoms with van der Waals surface area (Å²) < 4.78 is 44.2. The number of alkyl halides is 1. The molecule has 0 bridgehead atoms. The van der Waals surface area contributed by atoms with Crippen LogP contribution in [0.5, 0.6) is 0 Å². The van der Waals surface area contributed by atoms with E-state index in [4.69, 9.17) is 5.73 Å². The summed E-state index contributed by atoms with van der Waals surface area (Å²) >= 11 is 3.66. The molecule has 12 heteroatoms. The van der Waals surface area contributed by atoms with Gasteiger partial charge in [0.25, 0.3) is 0 Å². The van der Waals surface area contributed by atoms with Crippen LogP contribution in [0, 0.1) is 3.57 Å². The molecule has 3 aromatic rings. The molecular formula is C20H24FIN6O2S2. The van der Waals surface area contributed by atoms with Gasteiger partial charge in [-0.15, -0.1) is 0 Å². The minimum Gasteiger partial charge on any atom is -0.382 e. The van der Waals surface area contributed by atoms with Crippen molar-refractivity contribution < 1.29 is 12.8 Å². The number of nitrogen functional groups attached to an aromatic ring is 1. The number of nitrogens with zero attached hydrogens (tertiary/aromatic N) is 4. The van der Waals surface area contributed by atoms with Gasteiger partial charge in [0.05, 0.1) is 5.75 Å². The molecule has 0 spiro atoms. The van der Waals surface area contributed by atoms with Crippen molar-refractivity contribution in [3.63, 3.8) is 0 Å². The van der Waals surface area contributed by atoms with Crippen molar-refractivity contribution in [1.82, 2.24) is 24.2 Å². The van der Waals surface area contributed by atoms with E-state index in [9.17, 15) is 12.8 Å². The third-order valence-electron chi connectivity index (χ3n) is 5.13. The van der Waals surface area contributed by atoms with Crippen LogP contribution in [0.1, 0.15) is 44.0 Å². The molecule has 32 heavy (non-hydrogen) atoms. The average Bonchev–Trinajstić information content (AvgIpc) is 3.23. The number of benzene rings is 1. The highest BCUT2D eigenvalue weighted by molar-refractivity contribution is 14.1. The van der Waals surface area contributed by atoms with Crippen LogP contribution in [0.25, 0.3) is 11.2 Å². The fourth-order valence-electron chi connectivity index (χ4n) is 3.78. The van der Waals surface area contributed by atoms with E-state index in [2.05, 4.69) is 42.3 Å². The van der Waals surface area contributed by atoms with Gasteiger partial charge < -0.3 is 10.3 Å². The first-order chi connectivity index (χ1) is 15.1. The Labute approximate surface area is 204 Å². The molecule has 3 N–H and O–H groups in total. The topological polar surface area (TPSA) is 116 Å². The third kappa shape index (κ3) is 5.02. The zero-order valence-electron chi connectivity index (χ0n) is 17.7. The van der Waals surface area contributed by atoms with Crippen LogP contribution in [-0.2, 0) is 23.0 Å². The second-order valence-electron chi connectivity index (χ2n) is 8.01. The van der Waals surface area contributed by atoms with Gasteiger partial charge in [-0.05, 0) is 79.0 Å². The fourth-order valence-corrected chi connectivity index (χ4v) is 6.95. The first-order valence-corrected chi connectivity index (χ1v) is 13.8. The Bertz CT molecular complexity index is 1260. The van der Waals surface area contributed by atoms with Crippen LogP contribution in [0.2, 0.25) is 0 Å². The van der Waals surface area contributed by atoms with Gasteiger partial charge in [0.2, 0.25) is 10.0 Å². The summed E-state index contributed by atoms with van der Waals surface area (Å²) in [6, 6.07) is 3.77. The van der Waals surface area contributed by atoms with Crippen molar-refractivity contribution in [2.75, 3.05) is 11.5 Å². The Kier molecular flexibility index (Phi) is 6.94. The maximum atomic E-state index is 14.3. The molecule has 0 saturated carbocycles. The van der Waals surface area contributed by atoms with E-state index in [1.54, 1.807) is 13.8 Å².